The van der Waals surface area contributed by atoms with Gasteiger partial charge in [0.2, 0.25) is 0 Å². The summed E-state index contributed by atoms with van der Waals surface area (Å²) < 4.78 is 0. The molecule has 0 bridgehead atoms. The molecular formula is C14H28N2O. The first kappa shape index (κ1) is 13.3. The lowest BCUT2D eigenvalue weighted by molar-refractivity contribution is 0.0675. The van der Waals surface area contributed by atoms with Gasteiger partial charge in [0.25, 0.3) is 0 Å². The molecule has 0 amide bonds. The number of nitrogens with zero attached hydrogens (tertiary/aromatic N) is 1. The van der Waals surface area contributed by atoms with Crippen molar-refractivity contribution in [2.75, 3.05) is 20.1 Å². The summed E-state index contributed by atoms with van der Waals surface area (Å²) in [5.74, 6) is 1.27. The van der Waals surface area contributed by atoms with Gasteiger partial charge < -0.3 is 10.4 Å². The fourth-order valence-corrected chi connectivity index (χ4v) is 3.77. The third kappa shape index (κ3) is 2.13. The molecule has 0 aromatic carbocycles. The van der Waals surface area contributed by atoms with Crippen molar-refractivity contribution >= 4 is 0 Å². The van der Waals surface area contributed by atoms with Crippen LogP contribution in [0.2, 0.25) is 0 Å². The van der Waals surface area contributed by atoms with Crippen LogP contribution in [0.4, 0.5) is 0 Å². The predicted octanol–water partition coefficient (Wildman–Crippen LogP) is 1.47. The first-order chi connectivity index (χ1) is 8.02. The van der Waals surface area contributed by atoms with E-state index in [2.05, 4.69) is 31.0 Å². The molecule has 5 atom stereocenters. The first-order valence-corrected chi connectivity index (χ1v) is 7.13. The Balaban J connectivity index is 2.08. The molecule has 3 nitrogen and oxygen atoms in total. The molecule has 1 saturated heterocycles. The van der Waals surface area contributed by atoms with Crippen LogP contribution in [-0.4, -0.2) is 47.8 Å². The monoisotopic (exact) mass is 240 g/mol. The van der Waals surface area contributed by atoms with Crippen LogP contribution < -0.4 is 5.32 Å². The number of likely N-dealkylation sites (N-methyl/N-ethyl adjacent to an activating group) is 1. The molecule has 2 fully saturated rings. The van der Waals surface area contributed by atoms with E-state index in [-0.39, 0.29) is 11.6 Å². The summed E-state index contributed by atoms with van der Waals surface area (Å²) in [5.41, 5.74) is 0.221. The SMILES string of the molecule is CCC(C)(C(C)NC)N1CC2CCC(O)C2C1. The normalized spacial score (nSPS) is 39.0. The Kier molecular flexibility index (Phi) is 3.81. The van der Waals surface area contributed by atoms with Gasteiger partial charge in [-0.05, 0) is 46.1 Å². The highest BCUT2D eigenvalue weighted by atomic mass is 16.3. The van der Waals surface area contributed by atoms with E-state index in [4.69, 9.17) is 0 Å². The van der Waals surface area contributed by atoms with Crippen molar-refractivity contribution < 1.29 is 5.11 Å². The first-order valence-electron chi connectivity index (χ1n) is 7.13. The fraction of sp³-hybridized carbons (Fsp3) is 1.00. The topological polar surface area (TPSA) is 35.5 Å². The van der Waals surface area contributed by atoms with Crippen molar-refractivity contribution in [2.24, 2.45) is 11.8 Å². The number of rotatable bonds is 4. The van der Waals surface area contributed by atoms with E-state index < -0.39 is 0 Å². The number of aliphatic hydroxyl groups is 1. The number of aliphatic hydroxyl groups excluding tert-OH is 1. The Morgan fingerprint density at radius 2 is 2.12 bits per heavy atom. The highest BCUT2D eigenvalue weighted by Crippen LogP contribution is 2.41. The molecule has 0 aromatic rings. The summed E-state index contributed by atoms with van der Waals surface area (Å²) in [7, 11) is 2.05. The molecule has 0 spiro atoms. The van der Waals surface area contributed by atoms with Gasteiger partial charge in [-0.25, -0.2) is 0 Å². The van der Waals surface area contributed by atoms with Gasteiger partial charge in [0.05, 0.1) is 6.10 Å². The Morgan fingerprint density at radius 1 is 1.41 bits per heavy atom. The maximum atomic E-state index is 10.0. The molecule has 17 heavy (non-hydrogen) atoms. The molecular weight excluding hydrogens is 212 g/mol. The van der Waals surface area contributed by atoms with Crippen LogP contribution in [0, 0.1) is 11.8 Å². The van der Waals surface area contributed by atoms with E-state index in [1.54, 1.807) is 0 Å². The third-order valence-corrected chi connectivity index (χ3v) is 5.62. The van der Waals surface area contributed by atoms with Crippen LogP contribution in [0.1, 0.15) is 40.0 Å². The minimum absolute atomic E-state index is 0.0454. The zero-order chi connectivity index (χ0) is 12.6. The highest BCUT2D eigenvalue weighted by Gasteiger charge is 2.47. The predicted molar refractivity (Wildman–Crippen MR) is 71.0 cm³/mol. The second-order valence-electron chi connectivity index (χ2n) is 6.19. The summed E-state index contributed by atoms with van der Waals surface area (Å²) in [6.07, 6.45) is 3.35. The molecule has 1 saturated carbocycles. The fourth-order valence-electron chi connectivity index (χ4n) is 3.77. The van der Waals surface area contributed by atoms with Crippen molar-refractivity contribution in [1.82, 2.24) is 10.2 Å². The van der Waals surface area contributed by atoms with Gasteiger partial charge in [0, 0.05) is 30.6 Å². The van der Waals surface area contributed by atoms with Gasteiger partial charge in [-0.2, -0.15) is 0 Å². The number of hydrogen-bond donors (Lipinski definition) is 2. The van der Waals surface area contributed by atoms with E-state index in [1.165, 1.54) is 13.0 Å². The van der Waals surface area contributed by atoms with Gasteiger partial charge >= 0.3 is 0 Å². The molecule has 3 heteroatoms. The van der Waals surface area contributed by atoms with Crippen LogP contribution in [-0.2, 0) is 0 Å². The highest BCUT2D eigenvalue weighted by molar-refractivity contribution is 5.02. The molecule has 1 aliphatic heterocycles. The Hall–Kier alpha value is -0.120. The zero-order valence-electron chi connectivity index (χ0n) is 11.7. The molecule has 5 unspecified atom stereocenters. The molecule has 1 aliphatic carbocycles. The van der Waals surface area contributed by atoms with Crippen LogP contribution in [0.5, 0.6) is 0 Å². The van der Waals surface area contributed by atoms with Gasteiger partial charge in [0.15, 0.2) is 0 Å². The van der Waals surface area contributed by atoms with E-state index in [9.17, 15) is 5.11 Å². The number of likely N-dealkylation sites (tertiary alicyclic amines) is 1. The minimum Gasteiger partial charge on any atom is -0.393 e. The number of nitrogens with one attached hydrogen (secondary N) is 1. The summed E-state index contributed by atoms with van der Waals surface area (Å²) >= 11 is 0. The lowest BCUT2D eigenvalue weighted by Gasteiger charge is -2.43. The van der Waals surface area contributed by atoms with Crippen molar-refractivity contribution in [3.8, 4) is 0 Å². The summed E-state index contributed by atoms with van der Waals surface area (Å²) in [6.45, 7) is 9.17. The standard InChI is InChI=1S/C14H28N2O/c1-5-14(3,10(2)15-4)16-8-11-6-7-13(17)12(11)9-16/h10-13,15,17H,5-9H2,1-4H3. The number of fused-ring (bicyclic) bond motifs is 1. The molecule has 2 aliphatic rings. The van der Waals surface area contributed by atoms with Crippen LogP contribution in [0.3, 0.4) is 0 Å². The largest absolute Gasteiger partial charge is 0.393 e. The van der Waals surface area contributed by atoms with E-state index in [1.807, 2.05) is 7.05 Å². The summed E-state index contributed by atoms with van der Waals surface area (Å²) in [5, 5.41) is 13.4. The van der Waals surface area contributed by atoms with Gasteiger partial charge in [0.1, 0.15) is 0 Å². The van der Waals surface area contributed by atoms with Crippen molar-refractivity contribution in [1.29, 1.82) is 0 Å². The van der Waals surface area contributed by atoms with Gasteiger partial charge in [-0.15, -0.1) is 0 Å². The molecule has 1 heterocycles. The Morgan fingerprint density at radius 3 is 2.65 bits per heavy atom. The molecule has 2 rings (SSSR count). The van der Waals surface area contributed by atoms with E-state index in [0.29, 0.717) is 12.0 Å². The lowest BCUT2D eigenvalue weighted by Crippen LogP contribution is -2.57. The molecule has 0 aromatic heterocycles. The second kappa shape index (κ2) is 4.87. The average molecular weight is 240 g/mol. The molecule has 2 N–H and O–H groups in total. The Bertz CT molecular complexity index is 271. The van der Waals surface area contributed by atoms with E-state index in [0.717, 1.165) is 25.3 Å². The quantitative estimate of drug-likeness (QED) is 0.781. The van der Waals surface area contributed by atoms with Crippen molar-refractivity contribution in [2.45, 2.75) is 57.7 Å². The zero-order valence-corrected chi connectivity index (χ0v) is 11.7. The maximum Gasteiger partial charge on any atom is 0.0583 e. The summed E-state index contributed by atoms with van der Waals surface area (Å²) in [6, 6.07) is 0.489. The summed E-state index contributed by atoms with van der Waals surface area (Å²) in [4.78, 5) is 2.62. The van der Waals surface area contributed by atoms with Gasteiger partial charge in [-0.3, -0.25) is 4.90 Å². The van der Waals surface area contributed by atoms with Crippen molar-refractivity contribution in [3.05, 3.63) is 0 Å². The van der Waals surface area contributed by atoms with E-state index >= 15 is 0 Å². The second-order valence-corrected chi connectivity index (χ2v) is 6.19. The minimum atomic E-state index is -0.0454. The van der Waals surface area contributed by atoms with Crippen LogP contribution in [0.25, 0.3) is 0 Å². The molecule has 0 radical (unpaired) electrons. The third-order valence-electron chi connectivity index (χ3n) is 5.62. The average Bonchev–Trinajstić information content (AvgIpc) is 2.90. The maximum absolute atomic E-state index is 10.0. The lowest BCUT2D eigenvalue weighted by atomic mass is 9.88. The number of hydrogen-bond acceptors (Lipinski definition) is 3. The Labute approximate surface area is 106 Å². The van der Waals surface area contributed by atoms with Gasteiger partial charge in [-0.1, -0.05) is 6.92 Å². The van der Waals surface area contributed by atoms with Crippen molar-refractivity contribution in [3.63, 3.8) is 0 Å². The van der Waals surface area contributed by atoms with Crippen LogP contribution in [0.15, 0.2) is 0 Å². The molecule has 100 valence electrons. The van der Waals surface area contributed by atoms with Crippen LogP contribution >= 0.6 is 0 Å². The smallest absolute Gasteiger partial charge is 0.0583 e.